The summed E-state index contributed by atoms with van der Waals surface area (Å²) in [5.41, 5.74) is -0.791. The summed E-state index contributed by atoms with van der Waals surface area (Å²) < 4.78 is 145. The molecule has 4 N–H and O–H groups in total. The number of nitrogens with zero attached hydrogens (tertiary/aromatic N) is 4. The second-order valence-corrected chi connectivity index (χ2v) is 22.4. The summed E-state index contributed by atoms with van der Waals surface area (Å²) in [7, 11) is -19.4. The van der Waals surface area contributed by atoms with Crippen molar-refractivity contribution in [2.75, 3.05) is 0 Å². The molecular formula is C50H32N4O12S4. The van der Waals surface area contributed by atoms with Gasteiger partial charge in [-0.15, -0.1) is 0 Å². The number of rotatable bonds is 8. The Hall–Kier alpha value is -7.40. The molecule has 0 unspecified atom stereocenters. The molecular weight excluding hydrogens is 977 g/mol. The summed E-state index contributed by atoms with van der Waals surface area (Å²) in [5, 5.41) is 1.88. The molecule has 70 heavy (non-hydrogen) atoms. The summed E-state index contributed by atoms with van der Waals surface area (Å²) in [6, 6.07) is 39.1. The van der Waals surface area contributed by atoms with Gasteiger partial charge in [0.1, 0.15) is 5.41 Å². The van der Waals surface area contributed by atoms with Crippen LogP contribution in [0, 0.1) is 0 Å². The Balaban J connectivity index is 1.42. The maximum absolute atomic E-state index is 13.0. The number of hydrogen-bond donors (Lipinski definition) is 4. The normalized spacial score (nSPS) is 14.7. The maximum Gasteiger partial charge on any atom is 0.294 e. The first-order chi connectivity index (χ1) is 33.2. The van der Waals surface area contributed by atoms with Crippen molar-refractivity contribution < 1.29 is 51.9 Å². The SMILES string of the molecule is O=S(=O)(O)c1cccc(C2(c3cccc(S(=O)(=O)O)c3)c3ccc4ccc5c(ccnc5c4n3)C(c3cccc(S(=O)(=O)O)c3)(c3cccc(S(=O)(=O)O)c3)c3ccnc4c3ccc3ccc2nc34)c1. The second-order valence-electron chi connectivity index (χ2n) is 16.7. The molecule has 0 saturated heterocycles. The molecule has 6 aromatic carbocycles. The van der Waals surface area contributed by atoms with Gasteiger partial charge in [-0.1, -0.05) is 84.9 Å². The molecule has 1 aliphatic heterocycles. The summed E-state index contributed by atoms with van der Waals surface area (Å²) in [6.07, 6.45) is 2.99. The van der Waals surface area contributed by atoms with E-state index in [1.807, 2.05) is 0 Å². The molecule has 0 spiro atoms. The first-order valence-electron chi connectivity index (χ1n) is 20.9. The van der Waals surface area contributed by atoms with Gasteiger partial charge in [0.2, 0.25) is 0 Å². The summed E-state index contributed by atoms with van der Waals surface area (Å²) in [4.78, 5) is 18.4. The van der Waals surface area contributed by atoms with Crippen molar-refractivity contribution in [2.24, 2.45) is 0 Å². The third-order valence-electron chi connectivity index (χ3n) is 13.0. The number of hydrogen-bond acceptors (Lipinski definition) is 12. The quantitative estimate of drug-likeness (QED) is 0.0831. The Morgan fingerprint density at radius 1 is 0.343 bits per heavy atom. The van der Waals surface area contributed by atoms with Crippen molar-refractivity contribution in [1.82, 2.24) is 19.9 Å². The lowest BCUT2D eigenvalue weighted by Crippen LogP contribution is -2.34. The van der Waals surface area contributed by atoms with E-state index in [0.29, 0.717) is 32.7 Å². The first-order valence-corrected chi connectivity index (χ1v) is 26.7. The van der Waals surface area contributed by atoms with E-state index >= 15 is 0 Å². The van der Waals surface area contributed by atoms with Gasteiger partial charge >= 0.3 is 0 Å². The predicted octanol–water partition coefficient (Wildman–Crippen LogP) is 7.95. The molecule has 10 aromatic rings. The fourth-order valence-corrected chi connectivity index (χ4v) is 12.2. The first kappa shape index (κ1) is 45.1. The molecule has 0 aliphatic carbocycles. The van der Waals surface area contributed by atoms with Gasteiger partial charge in [0.05, 0.1) is 58.5 Å². The van der Waals surface area contributed by atoms with E-state index < -0.39 is 70.9 Å². The van der Waals surface area contributed by atoms with E-state index in [1.165, 1.54) is 85.2 Å². The standard InChI is InChI=1S/C50H32N4O12S4/c55-67(56,57)35-9-1-5-31(25-35)49(32-6-2-10-36(26-32)68(58,59)60)41-21-23-51-47-39(41)17-13-29-15-19-43(53-45(29)47)50(33-7-3-11-37(27-33)69(61,62)63,34-8-4-12-38(28-34)70(64,65)66)44-20-16-30-14-18-40-42(49)22-24-52-48(40)46(30)54-44/h1-28H,(H,55,56,57)(H,58,59,60)(H,61,62,63)(H,64,65,66). The average molecular weight is 1010 g/mol. The van der Waals surface area contributed by atoms with Crippen LogP contribution in [0.3, 0.4) is 0 Å². The highest BCUT2D eigenvalue weighted by atomic mass is 32.2. The highest BCUT2D eigenvalue weighted by Crippen LogP contribution is 2.52. The molecule has 5 heterocycles. The molecule has 0 amide bonds. The molecule has 16 nitrogen and oxygen atoms in total. The molecule has 20 heteroatoms. The minimum Gasteiger partial charge on any atom is -0.282 e. The number of benzene rings is 6. The van der Waals surface area contributed by atoms with Crippen LogP contribution in [0.4, 0.5) is 0 Å². The predicted molar refractivity (Wildman–Crippen MR) is 257 cm³/mol. The van der Waals surface area contributed by atoms with Crippen molar-refractivity contribution >= 4 is 84.1 Å². The Labute approximate surface area is 399 Å². The summed E-state index contributed by atoms with van der Waals surface area (Å²) >= 11 is 0. The van der Waals surface area contributed by atoms with Crippen LogP contribution in [0.15, 0.2) is 190 Å². The van der Waals surface area contributed by atoms with Gasteiger partial charge < -0.3 is 0 Å². The molecule has 1 aliphatic rings. The van der Waals surface area contributed by atoms with E-state index in [9.17, 15) is 51.9 Å². The van der Waals surface area contributed by atoms with E-state index in [4.69, 9.17) is 19.9 Å². The number of fused-ring (bicyclic) bond motifs is 2. The minimum atomic E-state index is -4.86. The van der Waals surface area contributed by atoms with Gasteiger partial charge in [0.25, 0.3) is 40.5 Å². The van der Waals surface area contributed by atoms with Crippen LogP contribution >= 0.6 is 0 Å². The van der Waals surface area contributed by atoms with Crippen LogP contribution in [0.1, 0.15) is 44.8 Å². The largest absolute Gasteiger partial charge is 0.294 e. The maximum atomic E-state index is 13.0. The van der Waals surface area contributed by atoms with Gasteiger partial charge in [0.15, 0.2) is 0 Å². The monoisotopic (exact) mass is 1010 g/mol. The Morgan fingerprint density at radius 3 is 0.986 bits per heavy atom. The zero-order valence-electron chi connectivity index (χ0n) is 35.6. The highest BCUT2D eigenvalue weighted by molar-refractivity contribution is 7.86. The van der Waals surface area contributed by atoms with Gasteiger partial charge in [-0.2, -0.15) is 33.7 Å². The smallest absolute Gasteiger partial charge is 0.282 e. The van der Waals surface area contributed by atoms with Crippen LogP contribution < -0.4 is 0 Å². The van der Waals surface area contributed by atoms with Gasteiger partial charge in [-0.05, 0) is 106 Å². The van der Waals surface area contributed by atoms with Crippen LogP contribution in [0.25, 0.3) is 43.6 Å². The van der Waals surface area contributed by atoms with Crippen LogP contribution in [-0.2, 0) is 51.3 Å². The number of aromatic nitrogens is 4. The van der Waals surface area contributed by atoms with Crippen LogP contribution in [-0.4, -0.2) is 71.8 Å². The lowest BCUT2D eigenvalue weighted by molar-refractivity contribution is 0.480. The number of pyridine rings is 4. The van der Waals surface area contributed by atoms with Crippen molar-refractivity contribution in [3.05, 3.63) is 215 Å². The summed E-state index contributed by atoms with van der Waals surface area (Å²) in [6.45, 7) is 0. The third-order valence-corrected chi connectivity index (χ3v) is 16.4. The van der Waals surface area contributed by atoms with Crippen molar-refractivity contribution in [3.63, 3.8) is 0 Å². The van der Waals surface area contributed by atoms with Crippen LogP contribution in [0.2, 0.25) is 0 Å². The molecule has 4 aromatic heterocycles. The van der Waals surface area contributed by atoms with E-state index in [1.54, 1.807) is 84.9 Å². The van der Waals surface area contributed by atoms with Gasteiger partial charge in [-0.3, -0.25) is 28.2 Å². The van der Waals surface area contributed by atoms with E-state index in [0.717, 1.165) is 0 Å². The molecule has 0 saturated carbocycles. The fourth-order valence-electron chi connectivity index (χ4n) is 10.0. The van der Waals surface area contributed by atoms with Crippen LogP contribution in [0.5, 0.6) is 0 Å². The molecule has 348 valence electrons. The molecule has 10 bridgehead atoms. The van der Waals surface area contributed by atoms with E-state index in [2.05, 4.69) is 0 Å². The topological polar surface area (TPSA) is 269 Å². The zero-order chi connectivity index (χ0) is 49.2. The lowest BCUT2D eigenvalue weighted by Gasteiger charge is -2.39. The molecule has 11 rings (SSSR count). The molecule has 0 fully saturated rings. The lowest BCUT2D eigenvalue weighted by atomic mass is 9.63. The molecule has 0 atom stereocenters. The van der Waals surface area contributed by atoms with Gasteiger partial charge in [0, 0.05) is 33.9 Å². The van der Waals surface area contributed by atoms with Crippen molar-refractivity contribution in [3.8, 4) is 0 Å². The second kappa shape index (κ2) is 15.6. The fraction of sp³-hybridized carbons (Fsp3) is 0.0400. The Morgan fingerprint density at radius 2 is 0.657 bits per heavy atom. The Bertz CT molecular complexity index is 4120. The summed E-state index contributed by atoms with van der Waals surface area (Å²) in [5.74, 6) is 0. The van der Waals surface area contributed by atoms with Gasteiger partial charge in [-0.25, -0.2) is 9.97 Å². The van der Waals surface area contributed by atoms with Crippen molar-refractivity contribution in [1.29, 1.82) is 0 Å². The average Bonchev–Trinajstić information content (AvgIpc) is 3.33. The highest BCUT2D eigenvalue weighted by Gasteiger charge is 2.45. The Kier molecular flexibility index (Phi) is 10.0. The zero-order valence-corrected chi connectivity index (χ0v) is 38.9. The third kappa shape index (κ3) is 6.90. The molecule has 0 radical (unpaired) electrons. The van der Waals surface area contributed by atoms with Crippen molar-refractivity contribution in [2.45, 2.75) is 30.4 Å². The minimum absolute atomic E-state index is 0.144. The van der Waals surface area contributed by atoms with E-state index in [-0.39, 0.29) is 55.7 Å².